The summed E-state index contributed by atoms with van der Waals surface area (Å²) in [5, 5.41) is 2.67. The fourth-order valence-corrected chi connectivity index (χ4v) is 5.18. The number of urea groups is 1. The van der Waals surface area contributed by atoms with E-state index in [1.807, 2.05) is 33.8 Å². The molecule has 5 rings (SSSR count). The van der Waals surface area contributed by atoms with Gasteiger partial charge in [-0.05, 0) is 53.2 Å². The molecule has 0 unspecified atom stereocenters. The Labute approximate surface area is 225 Å². The number of hydrogen-bond acceptors (Lipinski definition) is 6. The van der Waals surface area contributed by atoms with Crippen LogP contribution in [0.3, 0.4) is 0 Å². The molecule has 2 aliphatic rings. The highest BCUT2D eigenvalue weighted by Gasteiger charge is 2.34. The number of nitrogens with one attached hydrogen (secondary N) is 1. The summed E-state index contributed by atoms with van der Waals surface area (Å²) in [5.41, 5.74) is 2.11. The summed E-state index contributed by atoms with van der Waals surface area (Å²) in [6.07, 6.45) is 2.29. The first-order chi connectivity index (χ1) is 18.4. The van der Waals surface area contributed by atoms with Crippen LogP contribution in [0.15, 0.2) is 30.7 Å². The summed E-state index contributed by atoms with van der Waals surface area (Å²) in [6, 6.07) is 2.60. The number of aromatic nitrogens is 3. The number of imidazole rings is 1. The molecule has 10 nitrogen and oxygen atoms in total. The lowest BCUT2D eigenvalue weighted by molar-refractivity contribution is 0.0159. The minimum absolute atomic E-state index is 0.0246. The maximum atomic E-state index is 13.8. The number of piperazine rings is 1. The summed E-state index contributed by atoms with van der Waals surface area (Å²) in [4.78, 5) is 40.0. The minimum atomic E-state index is -2.78. The molecule has 0 bridgehead atoms. The monoisotopic (exact) mass is 541 g/mol. The number of carbonyl (C=O) groups is 2. The average molecular weight is 542 g/mol. The van der Waals surface area contributed by atoms with Crippen molar-refractivity contribution < 1.29 is 23.1 Å². The Morgan fingerprint density at radius 2 is 1.95 bits per heavy atom. The Morgan fingerprint density at radius 3 is 2.64 bits per heavy atom. The van der Waals surface area contributed by atoms with E-state index in [1.165, 1.54) is 17.2 Å². The molecule has 0 spiro atoms. The van der Waals surface area contributed by atoms with Gasteiger partial charge in [0.25, 0.3) is 6.43 Å². The fourth-order valence-electron chi connectivity index (χ4n) is 5.18. The van der Waals surface area contributed by atoms with E-state index in [1.54, 1.807) is 28.6 Å². The molecule has 39 heavy (non-hydrogen) atoms. The number of rotatable bonds is 3. The smallest absolute Gasteiger partial charge is 0.410 e. The maximum absolute atomic E-state index is 13.8. The highest BCUT2D eigenvalue weighted by atomic mass is 19.3. The second-order valence-corrected chi connectivity index (χ2v) is 11.0. The van der Waals surface area contributed by atoms with Crippen molar-refractivity contribution in [1.29, 1.82) is 0 Å². The van der Waals surface area contributed by atoms with Crippen LogP contribution in [0.2, 0.25) is 0 Å². The van der Waals surface area contributed by atoms with Gasteiger partial charge in [0.2, 0.25) is 0 Å². The van der Waals surface area contributed by atoms with Gasteiger partial charge >= 0.3 is 12.1 Å². The molecule has 3 aromatic rings. The molecule has 5 heterocycles. The number of nitrogens with zero attached hydrogens (tertiary/aromatic N) is 6. The fraction of sp³-hybridized carbons (Fsp3) is 0.481. The van der Waals surface area contributed by atoms with E-state index >= 15 is 0 Å². The second-order valence-electron chi connectivity index (χ2n) is 11.0. The number of halogens is 2. The van der Waals surface area contributed by atoms with E-state index in [9.17, 15) is 18.4 Å². The molecular weight excluding hydrogens is 508 g/mol. The number of hydrogen-bond donors (Lipinski definition) is 1. The average Bonchev–Trinajstić information content (AvgIpc) is 3.44. The predicted molar refractivity (Wildman–Crippen MR) is 144 cm³/mol. The Balaban J connectivity index is 1.34. The van der Waals surface area contributed by atoms with Crippen LogP contribution in [0, 0.1) is 6.92 Å². The third kappa shape index (κ3) is 5.32. The predicted octanol–water partition coefficient (Wildman–Crippen LogP) is 5.02. The van der Waals surface area contributed by atoms with E-state index in [0.717, 1.165) is 11.3 Å². The number of carbonyl (C=O) groups excluding carboxylic acids is 2. The second kappa shape index (κ2) is 9.97. The van der Waals surface area contributed by atoms with E-state index in [-0.39, 0.29) is 23.4 Å². The number of ether oxygens (including phenoxy) is 1. The zero-order valence-electron chi connectivity index (χ0n) is 22.7. The molecule has 0 aromatic carbocycles. The van der Waals surface area contributed by atoms with Crippen LogP contribution in [0.25, 0.3) is 5.65 Å². The summed E-state index contributed by atoms with van der Waals surface area (Å²) >= 11 is 0. The van der Waals surface area contributed by atoms with Gasteiger partial charge in [-0.3, -0.25) is 4.90 Å². The van der Waals surface area contributed by atoms with Gasteiger partial charge in [-0.15, -0.1) is 0 Å². The van der Waals surface area contributed by atoms with Gasteiger partial charge in [0.05, 0.1) is 11.4 Å². The first-order valence-corrected chi connectivity index (χ1v) is 13.0. The highest BCUT2D eigenvalue weighted by Crippen LogP contribution is 2.36. The van der Waals surface area contributed by atoms with Gasteiger partial charge in [0.15, 0.2) is 0 Å². The minimum Gasteiger partial charge on any atom is -0.444 e. The zero-order valence-corrected chi connectivity index (χ0v) is 22.7. The molecule has 1 saturated heterocycles. The molecule has 0 saturated carbocycles. The van der Waals surface area contributed by atoms with Crippen LogP contribution in [-0.2, 0) is 11.2 Å². The van der Waals surface area contributed by atoms with E-state index in [0.29, 0.717) is 49.8 Å². The van der Waals surface area contributed by atoms with Crippen molar-refractivity contribution in [3.05, 3.63) is 47.5 Å². The van der Waals surface area contributed by atoms with Gasteiger partial charge < -0.3 is 24.3 Å². The van der Waals surface area contributed by atoms with Crippen molar-refractivity contribution in [2.24, 2.45) is 0 Å². The molecule has 3 aromatic heterocycles. The Morgan fingerprint density at radius 1 is 1.18 bits per heavy atom. The molecule has 0 aliphatic carbocycles. The Bertz CT molecular complexity index is 1420. The standard InChI is InChI=1S/C27H33F2N7O3/c1-16-13-34-15-20(19(23(28)29)12-22(34)31-16)32-25(37)36-9-7-18-21(6-8-30-24(18)36)33-10-11-35(17(2)14-33)26(38)39-27(3,4)5/h6,8,12-13,15,17,23H,7,9-11,14H2,1-5H3,(H,32,37)/t17-/m1/s1. The summed E-state index contributed by atoms with van der Waals surface area (Å²) < 4.78 is 34.8. The maximum Gasteiger partial charge on any atom is 0.410 e. The van der Waals surface area contributed by atoms with Gasteiger partial charge in [0.1, 0.15) is 17.1 Å². The van der Waals surface area contributed by atoms with Crippen molar-refractivity contribution in [3.8, 4) is 0 Å². The van der Waals surface area contributed by atoms with Gasteiger partial charge in [-0.2, -0.15) is 0 Å². The number of amides is 3. The number of pyridine rings is 2. The van der Waals surface area contributed by atoms with E-state index in [2.05, 4.69) is 20.2 Å². The van der Waals surface area contributed by atoms with Crippen molar-refractivity contribution in [2.75, 3.05) is 41.3 Å². The first kappa shape index (κ1) is 26.6. The van der Waals surface area contributed by atoms with Crippen LogP contribution in [0.4, 0.5) is 35.6 Å². The first-order valence-electron chi connectivity index (χ1n) is 13.0. The van der Waals surface area contributed by atoms with Crippen LogP contribution >= 0.6 is 0 Å². The topological polar surface area (TPSA) is 95.3 Å². The van der Waals surface area contributed by atoms with Crippen LogP contribution in [0.5, 0.6) is 0 Å². The van der Waals surface area contributed by atoms with Gasteiger partial charge in [0, 0.05) is 67.6 Å². The largest absolute Gasteiger partial charge is 0.444 e. The third-order valence-corrected chi connectivity index (χ3v) is 6.91. The number of alkyl halides is 2. The molecule has 2 aliphatic heterocycles. The van der Waals surface area contributed by atoms with Crippen LogP contribution in [0.1, 0.15) is 50.9 Å². The normalized spacial score (nSPS) is 17.6. The number of aryl methyl sites for hydroxylation is 1. The van der Waals surface area contributed by atoms with Crippen LogP contribution < -0.4 is 15.1 Å². The van der Waals surface area contributed by atoms with Crippen molar-refractivity contribution in [2.45, 2.75) is 59.1 Å². The van der Waals surface area contributed by atoms with Crippen molar-refractivity contribution in [1.82, 2.24) is 19.3 Å². The molecule has 3 amide bonds. The summed E-state index contributed by atoms with van der Waals surface area (Å²) in [7, 11) is 0. The lowest BCUT2D eigenvalue weighted by atomic mass is 10.1. The molecular formula is C27H33F2N7O3. The third-order valence-electron chi connectivity index (χ3n) is 6.91. The van der Waals surface area contributed by atoms with E-state index in [4.69, 9.17) is 4.74 Å². The van der Waals surface area contributed by atoms with Gasteiger partial charge in [-0.25, -0.2) is 28.3 Å². The number of anilines is 3. The van der Waals surface area contributed by atoms with Crippen LogP contribution in [-0.4, -0.2) is 69.2 Å². The van der Waals surface area contributed by atoms with Gasteiger partial charge in [-0.1, -0.05) is 0 Å². The van der Waals surface area contributed by atoms with Crippen molar-refractivity contribution >= 4 is 35.0 Å². The lowest BCUT2D eigenvalue weighted by Crippen LogP contribution is -2.55. The highest BCUT2D eigenvalue weighted by molar-refractivity contribution is 6.03. The summed E-state index contributed by atoms with van der Waals surface area (Å²) in [6.45, 7) is 11.4. The molecule has 208 valence electrons. The number of fused-ring (bicyclic) bond motifs is 2. The quantitative estimate of drug-likeness (QED) is 0.501. The molecule has 1 N–H and O–H groups in total. The lowest BCUT2D eigenvalue weighted by Gasteiger charge is -2.41. The summed E-state index contributed by atoms with van der Waals surface area (Å²) in [5.74, 6) is 0.505. The molecule has 12 heteroatoms. The van der Waals surface area contributed by atoms with E-state index < -0.39 is 18.1 Å². The Hall–Kier alpha value is -3.96. The zero-order chi connectivity index (χ0) is 28.1. The molecule has 0 radical (unpaired) electrons. The molecule has 1 fully saturated rings. The SMILES string of the molecule is Cc1cn2cc(NC(=O)N3CCc4c(N5CCN(C(=O)OC(C)(C)C)[C@H](C)C5)ccnc43)c(C(F)F)cc2n1. The Kier molecular flexibility index (Phi) is 6.81. The molecule has 1 atom stereocenters. The van der Waals surface area contributed by atoms with Crippen molar-refractivity contribution in [3.63, 3.8) is 0 Å².